The van der Waals surface area contributed by atoms with E-state index in [2.05, 4.69) is 0 Å². The van der Waals surface area contributed by atoms with E-state index in [0.717, 1.165) is 4.90 Å². The minimum Gasteiger partial charge on any atom is -0.341 e. The molecule has 5 heteroatoms. The van der Waals surface area contributed by atoms with Crippen molar-refractivity contribution in [2.75, 3.05) is 13.1 Å². The average Bonchev–Trinajstić information content (AvgIpc) is 2.59. The zero-order chi connectivity index (χ0) is 12.3. The van der Waals surface area contributed by atoms with Crippen LogP contribution in [-0.2, 0) is 14.4 Å². The van der Waals surface area contributed by atoms with E-state index < -0.39 is 17.9 Å². The van der Waals surface area contributed by atoms with Crippen molar-refractivity contribution in [2.24, 2.45) is 0 Å². The summed E-state index contributed by atoms with van der Waals surface area (Å²) in [5.74, 6) is -1.04. The SMILES string of the molecule is CCN(CC)C(=O)C(C)N1C(=O)C=CC1=O. The van der Waals surface area contributed by atoms with Crippen LogP contribution in [0, 0.1) is 0 Å². The van der Waals surface area contributed by atoms with Crippen LogP contribution in [-0.4, -0.2) is 46.7 Å². The average molecular weight is 224 g/mol. The first-order chi connectivity index (χ1) is 7.52. The van der Waals surface area contributed by atoms with Gasteiger partial charge in [0.15, 0.2) is 0 Å². The van der Waals surface area contributed by atoms with Crippen LogP contribution in [0.3, 0.4) is 0 Å². The molecule has 0 N–H and O–H groups in total. The van der Waals surface area contributed by atoms with Crippen molar-refractivity contribution in [3.63, 3.8) is 0 Å². The van der Waals surface area contributed by atoms with Gasteiger partial charge in [-0.25, -0.2) is 0 Å². The predicted molar refractivity (Wildman–Crippen MR) is 58.4 cm³/mol. The maximum atomic E-state index is 11.9. The molecule has 1 heterocycles. The van der Waals surface area contributed by atoms with Gasteiger partial charge in [-0.15, -0.1) is 0 Å². The van der Waals surface area contributed by atoms with Crippen LogP contribution in [0.25, 0.3) is 0 Å². The summed E-state index contributed by atoms with van der Waals surface area (Å²) < 4.78 is 0. The summed E-state index contributed by atoms with van der Waals surface area (Å²) in [6.45, 7) is 6.44. The van der Waals surface area contributed by atoms with Gasteiger partial charge < -0.3 is 4.90 Å². The maximum Gasteiger partial charge on any atom is 0.254 e. The second-order valence-corrected chi connectivity index (χ2v) is 3.57. The molecule has 1 atom stereocenters. The Morgan fingerprint density at radius 3 is 2.06 bits per heavy atom. The fraction of sp³-hybridized carbons (Fsp3) is 0.545. The largest absolute Gasteiger partial charge is 0.341 e. The maximum absolute atomic E-state index is 11.9. The van der Waals surface area contributed by atoms with Gasteiger partial charge in [0.1, 0.15) is 6.04 Å². The molecule has 0 bridgehead atoms. The molecule has 1 unspecified atom stereocenters. The van der Waals surface area contributed by atoms with E-state index in [1.165, 1.54) is 12.2 Å². The first-order valence-electron chi connectivity index (χ1n) is 5.36. The summed E-state index contributed by atoms with van der Waals surface area (Å²) in [6, 6.07) is -0.727. The van der Waals surface area contributed by atoms with E-state index in [1.54, 1.807) is 11.8 Å². The third kappa shape index (κ3) is 2.13. The van der Waals surface area contributed by atoms with Crippen molar-refractivity contribution in [1.29, 1.82) is 0 Å². The number of imide groups is 1. The highest BCUT2D eigenvalue weighted by Crippen LogP contribution is 2.11. The van der Waals surface area contributed by atoms with Crippen LogP contribution in [0.1, 0.15) is 20.8 Å². The van der Waals surface area contributed by atoms with Crippen LogP contribution in [0.15, 0.2) is 12.2 Å². The molecule has 3 amide bonds. The Morgan fingerprint density at radius 1 is 1.25 bits per heavy atom. The summed E-state index contributed by atoms with van der Waals surface area (Å²) in [4.78, 5) is 37.3. The van der Waals surface area contributed by atoms with Crippen molar-refractivity contribution >= 4 is 17.7 Å². The molecule has 88 valence electrons. The van der Waals surface area contributed by atoms with Crippen LogP contribution in [0.5, 0.6) is 0 Å². The lowest BCUT2D eigenvalue weighted by molar-refractivity contribution is -0.148. The second kappa shape index (κ2) is 4.92. The topological polar surface area (TPSA) is 57.7 Å². The summed E-state index contributed by atoms with van der Waals surface area (Å²) in [7, 11) is 0. The number of carbonyl (C=O) groups is 3. The number of nitrogens with zero attached hydrogens (tertiary/aromatic N) is 2. The number of hydrogen-bond acceptors (Lipinski definition) is 3. The van der Waals surface area contributed by atoms with Gasteiger partial charge in [-0.1, -0.05) is 0 Å². The highest BCUT2D eigenvalue weighted by atomic mass is 16.2. The first kappa shape index (κ1) is 12.4. The highest BCUT2D eigenvalue weighted by molar-refractivity contribution is 6.15. The van der Waals surface area contributed by atoms with Crippen LogP contribution in [0.2, 0.25) is 0 Å². The molecule has 16 heavy (non-hydrogen) atoms. The molecule has 1 rings (SSSR count). The predicted octanol–water partition coefficient (Wildman–Crippen LogP) is 0.168. The molecule has 5 nitrogen and oxygen atoms in total. The van der Waals surface area contributed by atoms with Crippen LogP contribution in [0.4, 0.5) is 0 Å². The fourth-order valence-corrected chi connectivity index (χ4v) is 1.70. The molecular formula is C11H16N2O3. The zero-order valence-corrected chi connectivity index (χ0v) is 9.77. The summed E-state index contributed by atoms with van der Waals surface area (Å²) in [5.41, 5.74) is 0. The third-order valence-corrected chi connectivity index (χ3v) is 2.66. The molecule has 0 radical (unpaired) electrons. The number of amides is 3. The summed E-state index contributed by atoms with van der Waals surface area (Å²) >= 11 is 0. The normalized spacial score (nSPS) is 16.8. The van der Waals surface area contributed by atoms with Gasteiger partial charge in [0.05, 0.1) is 0 Å². The zero-order valence-electron chi connectivity index (χ0n) is 9.77. The molecule has 1 aliphatic heterocycles. The Kier molecular flexibility index (Phi) is 3.82. The van der Waals surface area contributed by atoms with Gasteiger partial charge in [-0.05, 0) is 20.8 Å². The molecule has 0 saturated carbocycles. The Balaban J connectivity index is 2.78. The first-order valence-corrected chi connectivity index (χ1v) is 5.36. The van der Waals surface area contributed by atoms with E-state index in [-0.39, 0.29) is 5.91 Å². The molecule has 0 aromatic heterocycles. The molecular weight excluding hydrogens is 208 g/mol. The van der Waals surface area contributed by atoms with Crippen molar-refractivity contribution in [3.05, 3.63) is 12.2 Å². The molecule has 1 aliphatic rings. The monoisotopic (exact) mass is 224 g/mol. The molecule has 0 aromatic rings. The van der Waals surface area contributed by atoms with E-state index in [0.29, 0.717) is 13.1 Å². The summed E-state index contributed by atoms with van der Waals surface area (Å²) in [6.07, 6.45) is 2.38. The Hall–Kier alpha value is -1.65. The lowest BCUT2D eigenvalue weighted by atomic mass is 10.2. The lowest BCUT2D eigenvalue weighted by Gasteiger charge is -2.27. The fourth-order valence-electron chi connectivity index (χ4n) is 1.70. The third-order valence-electron chi connectivity index (χ3n) is 2.66. The van der Waals surface area contributed by atoms with Gasteiger partial charge in [-0.2, -0.15) is 0 Å². The van der Waals surface area contributed by atoms with Crippen molar-refractivity contribution < 1.29 is 14.4 Å². The van der Waals surface area contributed by atoms with Crippen molar-refractivity contribution in [1.82, 2.24) is 9.80 Å². The summed E-state index contributed by atoms with van der Waals surface area (Å²) in [5, 5.41) is 0. The molecule has 0 spiro atoms. The molecule has 0 aliphatic carbocycles. The molecule has 0 aromatic carbocycles. The van der Waals surface area contributed by atoms with Crippen molar-refractivity contribution in [2.45, 2.75) is 26.8 Å². The van der Waals surface area contributed by atoms with Gasteiger partial charge in [0, 0.05) is 25.2 Å². The number of hydrogen-bond donors (Lipinski definition) is 0. The molecule has 0 saturated heterocycles. The minimum atomic E-state index is -0.727. The van der Waals surface area contributed by atoms with Gasteiger partial charge in [0.2, 0.25) is 5.91 Å². The number of carbonyl (C=O) groups excluding carboxylic acids is 3. The Morgan fingerprint density at radius 2 is 1.69 bits per heavy atom. The minimum absolute atomic E-state index is 0.199. The van der Waals surface area contributed by atoms with Crippen LogP contribution >= 0.6 is 0 Å². The van der Waals surface area contributed by atoms with Crippen molar-refractivity contribution in [3.8, 4) is 0 Å². The number of likely N-dealkylation sites (N-methyl/N-ethyl adjacent to an activating group) is 1. The van der Waals surface area contributed by atoms with E-state index in [9.17, 15) is 14.4 Å². The Labute approximate surface area is 94.7 Å². The standard InChI is InChI=1S/C11H16N2O3/c1-4-12(5-2)11(16)8(3)13-9(14)6-7-10(13)15/h6-8H,4-5H2,1-3H3. The highest BCUT2D eigenvalue weighted by Gasteiger charge is 2.33. The molecule has 0 fully saturated rings. The van der Waals surface area contributed by atoms with E-state index >= 15 is 0 Å². The van der Waals surface area contributed by atoms with E-state index in [1.807, 2.05) is 13.8 Å². The smallest absolute Gasteiger partial charge is 0.254 e. The van der Waals surface area contributed by atoms with Crippen LogP contribution < -0.4 is 0 Å². The van der Waals surface area contributed by atoms with Gasteiger partial charge >= 0.3 is 0 Å². The number of rotatable bonds is 4. The van der Waals surface area contributed by atoms with Gasteiger partial charge in [0.25, 0.3) is 11.8 Å². The van der Waals surface area contributed by atoms with Gasteiger partial charge in [-0.3, -0.25) is 19.3 Å². The quantitative estimate of drug-likeness (QED) is 0.639. The lowest BCUT2D eigenvalue weighted by Crippen LogP contribution is -2.49. The van der Waals surface area contributed by atoms with E-state index in [4.69, 9.17) is 0 Å². The Bertz CT molecular complexity index is 327. The second-order valence-electron chi connectivity index (χ2n) is 3.57.